The molecule has 0 aliphatic rings. The highest BCUT2D eigenvalue weighted by Crippen LogP contribution is 2.18. The van der Waals surface area contributed by atoms with Crippen molar-refractivity contribution < 1.29 is 13.9 Å². The van der Waals surface area contributed by atoms with Gasteiger partial charge < -0.3 is 10.1 Å². The molecule has 0 amide bonds. The van der Waals surface area contributed by atoms with E-state index in [1.54, 1.807) is 6.07 Å². The van der Waals surface area contributed by atoms with Crippen LogP contribution in [0, 0.1) is 11.7 Å². The second-order valence-corrected chi connectivity index (χ2v) is 5.22. The van der Waals surface area contributed by atoms with Crippen LogP contribution in [0.25, 0.3) is 0 Å². The lowest BCUT2D eigenvalue weighted by atomic mass is 10.0. The van der Waals surface area contributed by atoms with E-state index in [1.165, 1.54) is 19.2 Å². The molecule has 100 valence electrons. The molecule has 1 unspecified atom stereocenters. The van der Waals surface area contributed by atoms with Gasteiger partial charge in [-0.2, -0.15) is 0 Å². The molecule has 0 saturated carbocycles. The van der Waals surface area contributed by atoms with Gasteiger partial charge in [-0.25, -0.2) is 4.39 Å². The Morgan fingerprint density at radius 2 is 2.17 bits per heavy atom. The molecule has 0 aromatic heterocycles. The number of carbonyl (C=O) groups excluding carboxylic acids is 1. The largest absolute Gasteiger partial charge is 0.468 e. The summed E-state index contributed by atoms with van der Waals surface area (Å²) in [5.41, 5.74) is 0.894. The summed E-state index contributed by atoms with van der Waals surface area (Å²) in [5, 5.41) is 3.12. The van der Waals surface area contributed by atoms with E-state index < -0.39 is 0 Å². The van der Waals surface area contributed by atoms with Crippen molar-refractivity contribution in [3.8, 4) is 0 Å². The zero-order valence-corrected chi connectivity index (χ0v) is 12.3. The molecular formula is C13H17BrFNO2. The molecule has 1 rings (SSSR count). The Kier molecular flexibility index (Phi) is 5.75. The van der Waals surface area contributed by atoms with Crippen molar-refractivity contribution in [3.63, 3.8) is 0 Å². The number of carbonyl (C=O) groups is 1. The maximum atomic E-state index is 12.9. The van der Waals surface area contributed by atoms with E-state index in [0.717, 1.165) is 5.56 Å². The number of benzene rings is 1. The predicted octanol–water partition coefficient (Wildman–Crippen LogP) is 2.88. The van der Waals surface area contributed by atoms with E-state index in [9.17, 15) is 9.18 Å². The second-order valence-electron chi connectivity index (χ2n) is 4.36. The Labute approximate surface area is 115 Å². The minimum Gasteiger partial charge on any atom is -0.468 e. The lowest BCUT2D eigenvalue weighted by Crippen LogP contribution is -2.41. The molecule has 1 aromatic carbocycles. The van der Waals surface area contributed by atoms with Gasteiger partial charge in [0.05, 0.1) is 7.11 Å². The number of methoxy groups -OCH3 is 1. The third-order valence-electron chi connectivity index (χ3n) is 2.65. The number of ether oxygens (including phenoxy) is 1. The van der Waals surface area contributed by atoms with Gasteiger partial charge in [0.25, 0.3) is 0 Å². The molecule has 0 radical (unpaired) electrons. The van der Waals surface area contributed by atoms with E-state index in [1.807, 2.05) is 13.8 Å². The van der Waals surface area contributed by atoms with Gasteiger partial charge in [-0.15, -0.1) is 0 Å². The van der Waals surface area contributed by atoms with Gasteiger partial charge in [-0.05, 0) is 23.6 Å². The van der Waals surface area contributed by atoms with Crippen molar-refractivity contribution in [1.82, 2.24) is 5.32 Å². The van der Waals surface area contributed by atoms with Gasteiger partial charge in [-0.3, -0.25) is 4.79 Å². The van der Waals surface area contributed by atoms with E-state index >= 15 is 0 Å². The Bertz CT molecular complexity index is 423. The molecule has 1 aromatic rings. The monoisotopic (exact) mass is 317 g/mol. The SMILES string of the molecule is COC(=O)C(NCc1ccc(F)cc1Br)C(C)C. The van der Waals surface area contributed by atoms with Crippen LogP contribution in [0.1, 0.15) is 19.4 Å². The third kappa shape index (κ3) is 4.07. The van der Waals surface area contributed by atoms with Gasteiger partial charge in [0.1, 0.15) is 11.9 Å². The van der Waals surface area contributed by atoms with E-state index in [0.29, 0.717) is 11.0 Å². The van der Waals surface area contributed by atoms with Gasteiger partial charge in [0.2, 0.25) is 0 Å². The lowest BCUT2D eigenvalue weighted by Gasteiger charge is -2.20. The highest BCUT2D eigenvalue weighted by atomic mass is 79.9. The molecule has 3 nitrogen and oxygen atoms in total. The highest BCUT2D eigenvalue weighted by molar-refractivity contribution is 9.10. The van der Waals surface area contributed by atoms with Crippen LogP contribution in [0.3, 0.4) is 0 Å². The van der Waals surface area contributed by atoms with Crippen molar-refractivity contribution in [2.75, 3.05) is 7.11 Å². The smallest absolute Gasteiger partial charge is 0.323 e. The zero-order valence-electron chi connectivity index (χ0n) is 10.7. The molecule has 18 heavy (non-hydrogen) atoms. The summed E-state index contributed by atoms with van der Waals surface area (Å²) in [5.74, 6) is -0.459. The molecule has 0 aliphatic carbocycles. The fourth-order valence-electron chi connectivity index (χ4n) is 1.60. The standard InChI is InChI=1S/C13H17BrFNO2/c1-8(2)12(13(17)18-3)16-7-9-4-5-10(15)6-11(9)14/h4-6,8,12,16H,7H2,1-3H3. The van der Waals surface area contributed by atoms with Gasteiger partial charge in [0, 0.05) is 11.0 Å². The van der Waals surface area contributed by atoms with Gasteiger partial charge >= 0.3 is 5.97 Å². The Balaban J connectivity index is 2.70. The van der Waals surface area contributed by atoms with Gasteiger partial charge in [-0.1, -0.05) is 35.8 Å². The third-order valence-corrected chi connectivity index (χ3v) is 3.39. The second kappa shape index (κ2) is 6.85. The molecule has 0 aliphatic heterocycles. The molecule has 0 saturated heterocycles. The number of nitrogens with one attached hydrogen (secondary N) is 1. The topological polar surface area (TPSA) is 38.3 Å². The summed E-state index contributed by atoms with van der Waals surface area (Å²) in [4.78, 5) is 11.6. The molecule has 0 fully saturated rings. The maximum absolute atomic E-state index is 12.9. The summed E-state index contributed by atoms with van der Waals surface area (Å²) < 4.78 is 18.4. The van der Waals surface area contributed by atoms with Crippen molar-refractivity contribution in [2.45, 2.75) is 26.4 Å². The summed E-state index contributed by atoms with van der Waals surface area (Å²) in [6.07, 6.45) is 0. The first-order valence-corrected chi connectivity index (χ1v) is 6.50. The average Bonchev–Trinajstić information content (AvgIpc) is 2.31. The quantitative estimate of drug-likeness (QED) is 0.849. The van der Waals surface area contributed by atoms with Crippen molar-refractivity contribution in [3.05, 3.63) is 34.1 Å². The molecule has 1 atom stereocenters. The average molecular weight is 318 g/mol. The maximum Gasteiger partial charge on any atom is 0.323 e. The number of hydrogen-bond donors (Lipinski definition) is 1. The minimum absolute atomic E-state index is 0.122. The summed E-state index contributed by atoms with van der Waals surface area (Å²) in [7, 11) is 1.37. The van der Waals surface area contributed by atoms with Crippen LogP contribution in [0.4, 0.5) is 4.39 Å². The summed E-state index contributed by atoms with van der Waals surface area (Å²) in [6, 6.07) is 4.11. The Hall–Kier alpha value is -0.940. The molecule has 0 heterocycles. The highest BCUT2D eigenvalue weighted by Gasteiger charge is 2.22. The van der Waals surface area contributed by atoms with Crippen molar-refractivity contribution >= 4 is 21.9 Å². The summed E-state index contributed by atoms with van der Waals surface area (Å²) >= 11 is 3.29. The summed E-state index contributed by atoms with van der Waals surface area (Å²) in [6.45, 7) is 4.35. The van der Waals surface area contributed by atoms with Gasteiger partial charge in [0.15, 0.2) is 0 Å². The first-order chi connectivity index (χ1) is 8.45. The molecule has 0 bridgehead atoms. The molecule has 1 N–H and O–H groups in total. The fraction of sp³-hybridized carbons (Fsp3) is 0.462. The van der Waals surface area contributed by atoms with Crippen molar-refractivity contribution in [2.24, 2.45) is 5.92 Å². The number of rotatable bonds is 5. The molecular weight excluding hydrogens is 301 g/mol. The normalized spacial score (nSPS) is 12.6. The van der Waals surface area contributed by atoms with Crippen LogP contribution >= 0.6 is 15.9 Å². The van der Waals surface area contributed by atoms with Crippen molar-refractivity contribution in [1.29, 1.82) is 0 Å². The van der Waals surface area contributed by atoms with Crippen LogP contribution in [-0.4, -0.2) is 19.1 Å². The lowest BCUT2D eigenvalue weighted by molar-refractivity contribution is -0.144. The number of halogens is 2. The molecule has 5 heteroatoms. The Morgan fingerprint density at radius 1 is 1.50 bits per heavy atom. The van der Waals surface area contributed by atoms with Crippen LogP contribution in [0.5, 0.6) is 0 Å². The van der Waals surface area contributed by atoms with Crippen LogP contribution < -0.4 is 5.32 Å². The number of esters is 1. The predicted molar refractivity (Wildman–Crippen MR) is 71.6 cm³/mol. The first-order valence-electron chi connectivity index (χ1n) is 5.70. The van der Waals surface area contributed by atoms with Crippen LogP contribution in [0.2, 0.25) is 0 Å². The van der Waals surface area contributed by atoms with E-state index in [4.69, 9.17) is 4.74 Å². The first kappa shape index (κ1) is 15.1. The zero-order chi connectivity index (χ0) is 13.7. The van der Waals surface area contributed by atoms with E-state index in [-0.39, 0.29) is 23.7 Å². The minimum atomic E-state index is -0.369. The van der Waals surface area contributed by atoms with Crippen LogP contribution in [-0.2, 0) is 16.1 Å². The van der Waals surface area contributed by atoms with Crippen LogP contribution in [0.15, 0.2) is 22.7 Å². The molecule has 0 spiro atoms. The fourth-order valence-corrected chi connectivity index (χ4v) is 2.09. The Morgan fingerprint density at radius 3 is 2.67 bits per heavy atom. The van der Waals surface area contributed by atoms with E-state index in [2.05, 4.69) is 21.2 Å². The number of hydrogen-bond acceptors (Lipinski definition) is 3.